The van der Waals surface area contributed by atoms with Crippen molar-refractivity contribution < 1.29 is 4.79 Å². The molecular weight excluding hydrogens is 432 g/mol. The third-order valence-corrected chi connectivity index (χ3v) is 5.89. The van der Waals surface area contributed by atoms with Crippen LogP contribution in [0.5, 0.6) is 0 Å². The van der Waals surface area contributed by atoms with E-state index in [0.29, 0.717) is 16.0 Å². The Balaban J connectivity index is 1.44. The van der Waals surface area contributed by atoms with Gasteiger partial charge in [0.15, 0.2) is 5.16 Å². The van der Waals surface area contributed by atoms with Crippen molar-refractivity contribution in [3.05, 3.63) is 71.0 Å². The molecule has 2 heterocycles. The Morgan fingerprint density at radius 3 is 2.48 bits per heavy atom. The summed E-state index contributed by atoms with van der Waals surface area (Å²) in [6.07, 6.45) is 0. The van der Waals surface area contributed by atoms with Gasteiger partial charge >= 0.3 is 0 Å². The first kappa shape index (κ1) is 21.1. The molecule has 0 saturated carbocycles. The van der Waals surface area contributed by atoms with Crippen LogP contribution >= 0.6 is 23.4 Å². The van der Waals surface area contributed by atoms with E-state index in [-0.39, 0.29) is 11.7 Å². The van der Waals surface area contributed by atoms with Crippen molar-refractivity contribution in [3.63, 3.8) is 0 Å². The zero-order valence-corrected chi connectivity index (χ0v) is 18.9. The van der Waals surface area contributed by atoms with Crippen molar-refractivity contribution in [2.24, 2.45) is 7.05 Å². The fraction of sp³-hybridized carbons (Fsp3) is 0.182. The smallest absolute Gasteiger partial charge is 0.235 e. The predicted octanol–water partition coefficient (Wildman–Crippen LogP) is 4.67. The quantitative estimate of drug-likeness (QED) is 0.430. The highest BCUT2D eigenvalue weighted by Gasteiger charge is 2.15. The highest BCUT2D eigenvalue weighted by atomic mass is 35.5. The number of thioether (sulfide) groups is 1. The van der Waals surface area contributed by atoms with Crippen molar-refractivity contribution in [1.82, 2.24) is 24.5 Å². The van der Waals surface area contributed by atoms with E-state index in [1.54, 1.807) is 11.7 Å². The van der Waals surface area contributed by atoms with Gasteiger partial charge in [-0.15, -0.1) is 10.2 Å². The summed E-state index contributed by atoms with van der Waals surface area (Å²) in [4.78, 5) is 12.6. The molecule has 2 aromatic carbocycles. The second kappa shape index (κ2) is 8.95. The summed E-state index contributed by atoms with van der Waals surface area (Å²) in [6.45, 7) is 3.94. The standard InChI is InChI=1S/C22H21ClN6OS/c1-14-4-10-18(11-5-14)29-15(2)25-26-22(29)31-13-21(30)24-20-12-19(27-28(20)3)16-6-8-17(23)9-7-16/h4-12H,13H2,1-3H3,(H,24,30). The fourth-order valence-electron chi connectivity index (χ4n) is 3.08. The summed E-state index contributed by atoms with van der Waals surface area (Å²) in [6, 6.07) is 17.4. The van der Waals surface area contributed by atoms with Crippen LogP contribution in [0.15, 0.2) is 59.8 Å². The lowest BCUT2D eigenvalue weighted by Gasteiger charge is -2.09. The second-order valence-electron chi connectivity index (χ2n) is 7.08. The van der Waals surface area contributed by atoms with Gasteiger partial charge in [0, 0.05) is 29.4 Å². The molecule has 0 atom stereocenters. The minimum absolute atomic E-state index is 0.147. The van der Waals surface area contributed by atoms with Crippen molar-refractivity contribution in [1.29, 1.82) is 0 Å². The van der Waals surface area contributed by atoms with Crippen molar-refractivity contribution in [2.45, 2.75) is 19.0 Å². The van der Waals surface area contributed by atoms with E-state index >= 15 is 0 Å². The minimum atomic E-state index is -0.147. The Bertz CT molecular complexity index is 1210. The lowest BCUT2D eigenvalue weighted by molar-refractivity contribution is -0.113. The molecule has 1 amide bonds. The summed E-state index contributed by atoms with van der Waals surface area (Å²) < 4.78 is 3.59. The zero-order valence-electron chi connectivity index (χ0n) is 17.3. The number of aromatic nitrogens is 5. The Labute approximate surface area is 189 Å². The van der Waals surface area contributed by atoms with Gasteiger partial charge in [-0.25, -0.2) is 0 Å². The number of rotatable bonds is 6. The minimum Gasteiger partial charge on any atom is -0.310 e. The van der Waals surface area contributed by atoms with Crippen LogP contribution in [0, 0.1) is 13.8 Å². The van der Waals surface area contributed by atoms with Gasteiger partial charge in [0.1, 0.15) is 11.6 Å². The van der Waals surface area contributed by atoms with E-state index in [0.717, 1.165) is 22.8 Å². The molecule has 158 valence electrons. The number of carbonyl (C=O) groups excluding carboxylic acids is 1. The van der Waals surface area contributed by atoms with Crippen LogP contribution in [-0.4, -0.2) is 36.2 Å². The lowest BCUT2D eigenvalue weighted by Crippen LogP contribution is -2.16. The first-order valence-corrected chi connectivity index (χ1v) is 11.0. The van der Waals surface area contributed by atoms with E-state index in [4.69, 9.17) is 11.6 Å². The topological polar surface area (TPSA) is 77.6 Å². The van der Waals surface area contributed by atoms with Crippen LogP contribution in [0.3, 0.4) is 0 Å². The number of hydrogen-bond acceptors (Lipinski definition) is 5. The van der Waals surface area contributed by atoms with Gasteiger partial charge < -0.3 is 5.32 Å². The molecule has 4 aromatic rings. The third-order valence-electron chi connectivity index (χ3n) is 4.71. The number of nitrogens with one attached hydrogen (secondary N) is 1. The van der Waals surface area contributed by atoms with Gasteiger partial charge in [-0.2, -0.15) is 5.10 Å². The predicted molar refractivity (Wildman–Crippen MR) is 124 cm³/mol. The van der Waals surface area contributed by atoms with Gasteiger partial charge in [0.05, 0.1) is 11.4 Å². The molecule has 7 nitrogen and oxygen atoms in total. The zero-order chi connectivity index (χ0) is 22.0. The summed E-state index contributed by atoms with van der Waals surface area (Å²) >= 11 is 7.29. The van der Waals surface area contributed by atoms with Gasteiger partial charge in [-0.1, -0.05) is 53.2 Å². The van der Waals surface area contributed by atoms with Gasteiger partial charge in [-0.3, -0.25) is 14.0 Å². The maximum absolute atomic E-state index is 12.6. The molecule has 0 unspecified atom stereocenters. The molecule has 31 heavy (non-hydrogen) atoms. The highest BCUT2D eigenvalue weighted by Crippen LogP contribution is 2.25. The number of hydrogen-bond donors (Lipinski definition) is 1. The third kappa shape index (κ3) is 4.81. The molecular formula is C22H21ClN6OS. The number of anilines is 1. The number of amides is 1. The van der Waals surface area contributed by atoms with E-state index in [1.807, 2.05) is 73.0 Å². The Morgan fingerprint density at radius 2 is 1.77 bits per heavy atom. The van der Waals surface area contributed by atoms with E-state index < -0.39 is 0 Å². The van der Waals surface area contributed by atoms with Crippen LogP contribution in [0.2, 0.25) is 5.02 Å². The summed E-state index contributed by atoms with van der Waals surface area (Å²) in [5.74, 6) is 1.44. The average molecular weight is 453 g/mol. The first-order valence-electron chi connectivity index (χ1n) is 9.62. The number of nitrogens with zero attached hydrogens (tertiary/aromatic N) is 5. The number of halogens is 1. The second-order valence-corrected chi connectivity index (χ2v) is 8.46. The molecule has 0 fully saturated rings. The van der Waals surface area contributed by atoms with Crippen molar-refractivity contribution in [2.75, 3.05) is 11.1 Å². The van der Waals surface area contributed by atoms with Crippen LogP contribution in [0.4, 0.5) is 5.82 Å². The molecule has 0 radical (unpaired) electrons. The maximum Gasteiger partial charge on any atom is 0.235 e. The fourth-order valence-corrected chi connectivity index (χ4v) is 4.01. The molecule has 1 N–H and O–H groups in total. The van der Waals surface area contributed by atoms with Crippen LogP contribution in [0.1, 0.15) is 11.4 Å². The van der Waals surface area contributed by atoms with E-state index in [2.05, 4.69) is 20.6 Å². The van der Waals surface area contributed by atoms with Crippen molar-refractivity contribution >= 4 is 35.1 Å². The molecule has 2 aromatic heterocycles. The monoisotopic (exact) mass is 452 g/mol. The molecule has 0 spiro atoms. The SMILES string of the molecule is Cc1ccc(-n2c(C)nnc2SCC(=O)Nc2cc(-c3ccc(Cl)cc3)nn2C)cc1. The van der Waals surface area contributed by atoms with Crippen LogP contribution in [0.25, 0.3) is 16.9 Å². The average Bonchev–Trinajstić information content (AvgIpc) is 3.30. The Kier molecular flexibility index (Phi) is 6.11. The number of benzene rings is 2. The summed E-state index contributed by atoms with van der Waals surface area (Å²) in [5.41, 5.74) is 3.83. The summed E-state index contributed by atoms with van der Waals surface area (Å²) in [5, 5.41) is 17.1. The summed E-state index contributed by atoms with van der Waals surface area (Å²) in [7, 11) is 1.79. The Hall–Kier alpha value is -3.10. The molecule has 0 aliphatic rings. The van der Waals surface area contributed by atoms with E-state index in [9.17, 15) is 4.79 Å². The number of carbonyl (C=O) groups is 1. The van der Waals surface area contributed by atoms with Gasteiger partial charge in [-0.05, 0) is 38.1 Å². The molecule has 0 bridgehead atoms. The van der Waals surface area contributed by atoms with Gasteiger partial charge in [0.2, 0.25) is 5.91 Å². The molecule has 0 aliphatic carbocycles. The van der Waals surface area contributed by atoms with E-state index in [1.165, 1.54) is 17.3 Å². The molecule has 4 rings (SSSR count). The first-order chi connectivity index (χ1) is 14.9. The largest absolute Gasteiger partial charge is 0.310 e. The normalized spacial score (nSPS) is 11.0. The Morgan fingerprint density at radius 1 is 1.06 bits per heavy atom. The molecule has 0 saturated heterocycles. The van der Waals surface area contributed by atoms with Crippen LogP contribution < -0.4 is 5.32 Å². The highest BCUT2D eigenvalue weighted by molar-refractivity contribution is 7.99. The number of aryl methyl sites for hydroxylation is 3. The maximum atomic E-state index is 12.6. The molecule has 9 heteroatoms. The lowest BCUT2D eigenvalue weighted by atomic mass is 10.1. The van der Waals surface area contributed by atoms with Crippen LogP contribution in [-0.2, 0) is 11.8 Å². The molecule has 0 aliphatic heterocycles. The van der Waals surface area contributed by atoms with Crippen molar-refractivity contribution in [3.8, 4) is 16.9 Å². The van der Waals surface area contributed by atoms with Gasteiger partial charge in [0.25, 0.3) is 0 Å².